The monoisotopic (exact) mass is 119 g/mol. The highest BCUT2D eigenvalue weighted by Gasteiger charge is 2.16. The molecule has 4 nitrogen and oxygen atoms in total. The number of β-amino-alcohol motifs (C(OH)–C–C–N with tert-alkyl or cyclic N) is 2. The smallest absolute Gasteiger partial charge is 0.170 e. The molecule has 8 heavy (non-hydrogen) atoms. The van der Waals surface area contributed by atoms with Crippen molar-refractivity contribution in [1.82, 2.24) is 5.32 Å². The van der Waals surface area contributed by atoms with E-state index >= 15 is 0 Å². The number of rotatable bonds is 0. The summed E-state index contributed by atoms with van der Waals surface area (Å²) in [6.45, 7) is 0.800. The molecular formula is C4H9NO3. The van der Waals surface area contributed by atoms with Crippen molar-refractivity contribution in [2.45, 2.75) is 12.6 Å². The summed E-state index contributed by atoms with van der Waals surface area (Å²) in [6.07, 6.45) is -1.70. The van der Waals surface area contributed by atoms with Crippen LogP contribution in [0.15, 0.2) is 0 Å². The maximum Gasteiger partial charge on any atom is 0.170 e. The van der Waals surface area contributed by atoms with Crippen molar-refractivity contribution in [3.63, 3.8) is 0 Å². The molecule has 1 saturated heterocycles. The minimum atomic E-state index is -0.848. The molecule has 0 bridgehead atoms. The summed E-state index contributed by atoms with van der Waals surface area (Å²) in [5.74, 6) is 0. The molecule has 4 heteroatoms. The molecule has 1 aliphatic rings. The quantitative estimate of drug-likeness (QED) is 0.353. The largest absolute Gasteiger partial charge is 0.367 e. The standard InChI is InChI=1S/C4H9NO3/c6-3-1-5-2-4(7)8-3/h3-7H,1-2H2. The molecule has 0 spiro atoms. The summed E-state index contributed by atoms with van der Waals surface area (Å²) in [6, 6.07) is 0. The van der Waals surface area contributed by atoms with E-state index in [9.17, 15) is 0 Å². The highest BCUT2D eigenvalue weighted by atomic mass is 16.7. The summed E-state index contributed by atoms with van der Waals surface area (Å²) in [7, 11) is 0. The molecule has 0 aliphatic carbocycles. The van der Waals surface area contributed by atoms with Gasteiger partial charge in [-0.15, -0.1) is 0 Å². The second-order valence-corrected chi connectivity index (χ2v) is 1.70. The molecule has 1 rings (SSSR count). The second-order valence-electron chi connectivity index (χ2n) is 1.70. The van der Waals surface area contributed by atoms with E-state index in [0.717, 1.165) is 0 Å². The van der Waals surface area contributed by atoms with E-state index in [4.69, 9.17) is 10.2 Å². The second kappa shape index (κ2) is 2.41. The van der Waals surface area contributed by atoms with Gasteiger partial charge < -0.3 is 20.3 Å². The molecule has 3 N–H and O–H groups in total. The normalized spacial score (nSPS) is 39.8. The van der Waals surface area contributed by atoms with E-state index in [0.29, 0.717) is 13.1 Å². The van der Waals surface area contributed by atoms with Crippen LogP contribution in [0.1, 0.15) is 0 Å². The number of hydrogen-bond donors (Lipinski definition) is 3. The minimum Gasteiger partial charge on any atom is -0.367 e. The van der Waals surface area contributed by atoms with Crippen molar-refractivity contribution < 1.29 is 14.9 Å². The van der Waals surface area contributed by atoms with Crippen LogP contribution in [0.3, 0.4) is 0 Å². The third-order valence-electron chi connectivity index (χ3n) is 0.952. The van der Waals surface area contributed by atoms with E-state index in [2.05, 4.69) is 10.1 Å². The van der Waals surface area contributed by atoms with E-state index in [1.54, 1.807) is 0 Å². The van der Waals surface area contributed by atoms with Gasteiger partial charge in [0.1, 0.15) is 0 Å². The lowest BCUT2D eigenvalue weighted by atomic mass is 10.5. The van der Waals surface area contributed by atoms with E-state index in [1.807, 2.05) is 0 Å². The van der Waals surface area contributed by atoms with Gasteiger partial charge in [-0.1, -0.05) is 0 Å². The Kier molecular flexibility index (Phi) is 1.80. The molecule has 0 radical (unpaired) electrons. The summed E-state index contributed by atoms with van der Waals surface area (Å²) in [5.41, 5.74) is 0. The number of ether oxygens (including phenoxy) is 1. The summed E-state index contributed by atoms with van der Waals surface area (Å²) < 4.78 is 4.53. The molecular weight excluding hydrogens is 110 g/mol. The minimum absolute atomic E-state index is 0.400. The van der Waals surface area contributed by atoms with Crippen molar-refractivity contribution in [2.75, 3.05) is 13.1 Å². The van der Waals surface area contributed by atoms with Crippen molar-refractivity contribution in [2.24, 2.45) is 0 Å². The topological polar surface area (TPSA) is 61.7 Å². The number of aliphatic hydroxyl groups is 2. The van der Waals surface area contributed by atoms with Crippen LogP contribution in [0, 0.1) is 0 Å². The molecule has 2 atom stereocenters. The Balaban J connectivity index is 2.23. The third kappa shape index (κ3) is 1.41. The molecule has 1 fully saturated rings. The molecule has 1 heterocycles. The van der Waals surface area contributed by atoms with Gasteiger partial charge in [0.05, 0.1) is 0 Å². The molecule has 0 aromatic carbocycles. The van der Waals surface area contributed by atoms with Gasteiger partial charge in [-0.3, -0.25) is 0 Å². The van der Waals surface area contributed by atoms with Crippen molar-refractivity contribution in [3.8, 4) is 0 Å². The van der Waals surface area contributed by atoms with Crippen LogP contribution < -0.4 is 5.32 Å². The predicted molar refractivity (Wildman–Crippen MR) is 26.0 cm³/mol. The first kappa shape index (κ1) is 5.97. The van der Waals surface area contributed by atoms with Crippen molar-refractivity contribution in [1.29, 1.82) is 0 Å². The Hall–Kier alpha value is -0.160. The van der Waals surface area contributed by atoms with Crippen LogP contribution in [0.2, 0.25) is 0 Å². The van der Waals surface area contributed by atoms with E-state index in [-0.39, 0.29) is 0 Å². The van der Waals surface area contributed by atoms with Gasteiger partial charge in [0, 0.05) is 13.1 Å². The van der Waals surface area contributed by atoms with Gasteiger partial charge in [-0.25, -0.2) is 0 Å². The maximum absolute atomic E-state index is 8.63. The van der Waals surface area contributed by atoms with Crippen LogP contribution in [-0.2, 0) is 4.74 Å². The van der Waals surface area contributed by atoms with E-state index < -0.39 is 12.6 Å². The fourth-order valence-electron chi connectivity index (χ4n) is 0.608. The highest BCUT2D eigenvalue weighted by molar-refractivity contribution is 4.58. The Morgan fingerprint density at radius 3 is 2.00 bits per heavy atom. The molecule has 1 aliphatic heterocycles. The van der Waals surface area contributed by atoms with Crippen LogP contribution >= 0.6 is 0 Å². The zero-order valence-electron chi connectivity index (χ0n) is 4.37. The van der Waals surface area contributed by atoms with E-state index in [1.165, 1.54) is 0 Å². The zero-order chi connectivity index (χ0) is 5.98. The number of aliphatic hydroxyl groups excluding tert-OH is 2. The fraction of sp³-hybridized carbons (Fsp3) is 1.00. The molecule has 0 aromatic rings. The SMILES string of the molecule is OC1CNCC(O)O1. The van der Waals surface area contributed by atoms with Gasteiger partial charge in [0.15, 0.2) is 12.6 Å². The average molecular weight is 119 g/mol. The fourth-order valence-corrected chi connectivity index (χ4v) is 0.608. The van der Waals surface area contributed by atoms with Crippen LogP contribution in [0.25, 0.3) is 0 Å². The Bertz CT molecular complexity index is 69.7. The number of hydrogen-bond acceptors (Lipinski definition) is 4. The Labute approximate surface area is 47.1 Å². The number of morpholine rings is 1. The first-order valence-corrected chi connectivity index (χ1v) is 2.51. The first-order chi connectivity index (χ1) is 3.79. The summed E-state index contributed by atoms with van der Waals surface area (Å²) >= 11 is 0. The molecule has 0 saturated carbocycles. The Morgan fingerprint density at radius 1 is 1.25 bits per heavy atom. The van der Waals surface area contributed by atoms with Gasteiger partial charge in [-0.2, -0.15) is 0 Å². The van der Waals surface area contributed by atoms with Crippen molar-refractivity contribution >= 4 is 0 Å². The summed E-state index contributed by atoms with van der Waals surface area (Å²) in [4.78, 5) is 0. The van der Waals surface area contributed by atoms with Crippen LogP contribution in [0.5, 0.6) is 0 Å². The van der Waals surface area contributed by atoms with Gasteiger partial charge in [0.2, 0.25) is 0 Å². The summed E-state index contributed by atoms with van der Waals surface area (Å²) in [5, 5.41) is 20.0. The molecule has 2 unspecified atom stereocenters. The van der Waals surface area contributed by atoms with Crippen LogP contribution in [-0.4, -0.2) is 35.9 Å². The number of nitrogens with one attached hydrogen (secondary N) is 1. The van der Waals surface area contributed by atoms with Crippen molar-refractivity contribution in [3.05, 3.63) is 0 Å². The van der Waals surface area contributed by atoms with Gasteiger partial charge in [0.25, 0.3) is 0 Å². The lowest BCUT2D eigenvalue weighted by Crippen LogP contribution is -2.44. The molecule has 0 aromatic heterocycles. The first-order valence-electron chi connectivity index (χ1n) is 2.51. The highest BCUT2D eigenvalue weighted by Crippen LogP contribution is 1.95. The third-order valence-corrected chi connectivity index (χ3v) is 0.952. The Morgan fingerprint density at radius 2 is 1.75 bits per heavy atom. The zero-order valence-corrected chi connectivity index (χ0v) is 4.37. The molecule has 48 valence electrons. The van der Waals surface area contributed by atoms with Gasteiger partial charge in [-0.05, 0) is 0 Å². The van der Waals surface area contributed by atoms with Crippen LogP contribution in [0.4, 0.5) is 0 Å². The molecule has 0 amide bonds. The predicted octanol–water partition coefficient (Wildman–Crippen LogP) is -1.76. The lowest BCUT2D eigenvalue weighted by molar-refractivity contribution is -0.221. The maximum atomic E-state index is 8.63. The lowest BCUT2D eigenvalue weighted by Gasteiger charge is -2.23. The average Bonchev–Trinajstić information content (AvgIpc) is 1.64. The van der Waals surface area contributed by atoms with Gasteiger partial charge >= 0.3 is 0 Å².